The van der Waals surface area contributed by atoms with Crippen LogP contribution < -0.4 is 5.32 Å². The molecule has 1 saturated carbocycles. The number of fused-ring (bicyclic) bond motifs is 1. The lowest BCUT2D eigenvalue weighted by atomic mass is 10.1. The van der Waals surface area contributed by atoms with Gasteiger partial charge >= 0.3 is 6.18 Å². The van der Waals surface area contributed by atoms with Crippen LogP contribution in [0.2, 0.25) is 0 Å². The highest BCUT2D eigenvalue weighted by atomic mass is 19.4. The van der Waals surface area contributed by atoms with E-state index in [1.54, 1.807) is 6.07 Å². The molecule has 2 fully saturated rings. The smallest absolute Gasteiger partial charge is 0.416 e. The van der Waals surface area contributed by atoms with Crippen molar-refractivity contribution < 1.29 is 13.2 Å². The van der Waals surface area contributed by atoms with Crippen LogP contribution >= 0.6 is 0 Å². The molecule has 1 aliphatic carbocycles. The predicted molar refractivity (Wildman–Crippen MR) is 66.7 cm³/mol. The van der Waals surface area contributed by atoms with Crippen LogP contribution in [-0.4, -0.2) is 19.6 Å². The third-order valence-corrected chi connectivity index (χ3v) is 4.16. The molecule has 2 nitrogen and oxygen atoms in total. The van der Waals surface area contributed by atoms with Gasteiger partial charge in [0.05, 0.1) is 5.56 Å². The molecule has 104 valence electrons. The number of rotatable bonds is 4. The summed E-state index contributed by atoms with van der Waals surface area (Å²) in [4.78, 5) is 0. The number of nitrogens with one attached hydrogen (secondary N) is 1. The van der Waals surface area contributed by atoms with Gasteiger partial charge in [0.1, 0.15) is 0 Å². The third-order valence-electron chi connectivity index (χ3n) is 4.16. The minimum atomic E-state index is -4.27. The van der Waals surface area contributed by atoms with Crippen LogP contribution in [0.1, 0.15) is 11.1 Å². The second-order valence-electron chi connectivity index (χ2n) is 5.41. The highest BCUT2D eigenvalue weighted by Gasteiger charge is 2.49. The van der Waals surface area contributed by atoms with E-state index in [0.29, 0.717) is 18.0 Å². The summed E-state index contributed by atoms with van der Waals surface area (Å²) in [6.45, 7) is 3.32. The Morgan fingerprint density at radius 1 is 1.21 bits per heavy atom. The van der Waals surface area contributed by atoms with Crippen molar-refractivity contribution in [1.82, 2.24) is 5.32 Å². The standard InChI is InChI=1S/C14H16F3N2/c15-14(16,17)10-3-1-2-9(4-10)5-18-6-11-12-7-19-8-13(11)12/h1-4,11-13,19H,5-8H2/q-1. The van der Waals surface area contributed by atoms with E-state index in [0.717, 1.165) is 37.5 Å². The zero-order chi connectivity index (χ0) is 13.5. The monoisotopic (exact) mass is 269 g/mol. The normalized spacial score (nSPS) is 29.3. The first-order valence-corrected chi connectivity index (χ1v) is 6.56. The second kappa shape index (κ2) is 4.80. The highest BCUT2D eigenvalue weighted by Crippen LogP contribution is 2.49. The molecule has 1 heterocycles. The van der Waals surface area contributed by atoms with Crippen molar-refractivity contribution in [3.63, 3.8) is 0 Å². The molecule has 0 bridgehead atoms. The quantitative estimate of drug-likeness (QED) is 0.893. The summed E-state index contributed by atoms with van der Waals surface area (Å²) in [6.07, 6.45) is -4.27. The van der Waals surface area contributed by atoms with Gasteiger partial charge in [-0.15, -0.1) is 13.1 Å². The molecular formula is C14H16F3N2-. The molecule has 0 radical (unpaired) electrons. The number of hydrogen-bond acceptors (Lipinski definition) is 1. The van der Waals surface area contributed by atoms with Gasteiger partial charge in [0.15, 0.2) is 0 Å². The van der Waals surface area contributed by atoms with Crippen molar-refractivity contribution in [3.8, 4) is 0 Å². The van der Waals surface area contributed by atoms with Crippen LogP contribution in [-0.2, 0) is 12.7 Å². The molecule has 1 N–H and O–H groups in total. The lowest BCUT2D eigenvalue weighted by Crippen LogP contribution is -2.15. The van der Waals surface area contributed by atoms with Crippen molar-refractivity contribution in [2.75, 3.05) is 19.6 Å². The van der Waals surface area contributed by atoms with Crippen molar-refractivity contribution >= 4 is 0 Å². The lowest BCUT2D eigenvalue weighted by molar-refractivity contribution is -0.137. The molecule has 3 rings (SSSR count). The van der Waals surface area contributed by atoms with Crippen LogP contribution in [0, 0.1) is 17.8 Å². The Morgan fingerprint density at radius 2 is 1.95 bits per heavy atom. The molecule has 0 amide bonds. The topological polar surface area (TPSA) is 26.1 Å². The fraction of sp³-hybridized carbons (Fsp3) is 0.571. The van der Waals surface area contributed by atoms with Crippen molar-refractivity contribution in [3.05, 3.63) is 40.7 Å². The van der Waals surface area contributed by atoms with Crippen molar-refractivity contribution in [2.45, 2.75) is 12.7 Å². The molecule has 19 heavy (non-hydrogen) atoms. The molecule has 2 aliphatic rings. The number of piperidine rings is 1. The lowest BCUT2D eigenvalue weighted by Gasteiger charge is -2.21. The third kappa shape index (κ3) is 2.77. The molecule has 1 aromatic rings. The minimum Gasteiger partial charge on any atom is -0.658 e. The fourth-order valence-corrected chi connectivity index (χ4v) is 3.01. The fourth-order valence-electron chi connectivity index (χ4n) is 3.01. The highest BCUT2D eigenvalue weighted by molar-refractivity contribution is 5.27. The Morgan fingerprint density at radius 3 is 2.63 bits per heavy atom. The molecular weight excluding hydrogens is 253 g/mol. The van der Waals surface area contributed by atoms with Gasteiger partial charge in [-0.25, -0.2) is 0 Å². The Kier molecular flexibility index (Phi) is 3.27. The molecule has 1 saturated heterocycles. The Labute approximate surface area is 110 Å². The Balaban J connectivity index is 1.50. The van der Waals surface area contributed by atoms with E-state index >= 15 is 0 Å². The molecule has 0 aromatic heterocycles. The van der Waals surface area contributed by atoms with Gasteiger partial charge in [-0.05, 0) is 31.0 Å². The van der Waals surface area contributed by atoms with Gasteiger partial charge in [0.25, 0.3) is 0 Å². The first kappa shape index (κ1) is 12.9. The summed E-state index contributed by atoms with van der Waals surface area (Å²) in [5.41, 5.74) is 0.0476. The van der Waals surface area contributed by atoms with E-state index in [1.165, 1.54) is 12.1 Å². The minimum absolute atomic E-state index is 0.382. The summed E-state index contributed by atoms with van der Waals surface area (Å²) in [6, 6.07) is 5.44. The number of halogens is 3. The Bertz CT molecular complexity index is 448. The van der Waals surface area contributed by atoms with Crippen molar-refractivity contribution in [1.29, 1.82) is 0 Å². The van der Waals surface area contributed by atoms with E-state index in [1.807, 2.05) is 0 Å². The maximum Gasteiger partial charge on any atom is 0.416 e. The van der Waals surface area contributed by atoms with Crippen LogP contribution in [0.4, 0.5) is 13.2 Å². The zero-order valence-corrected chi connectivity index (χ0v) is 10.5. The molecule has 2 atom stereocenters. The molecule has 0 spiro atoms. The summed E-state index contributed by atoms with van der Waals surface area (Å²) in [7, 11) is 0. The zero-order valence-electron chi connectivity index (χ0n) is 10.5. The number of benzene rings is 1. The summed E-state index contributed by atoms with van der Waals surface area (Å²) < 4.78 is 37.6. The molecule has 1 aromatic carbocycles. The van der Waals surface area contributed by atoms with E-state index < -0.39 is 11.7 Å². The molecule has 5 heteroatoms. The number of alkyl halides is 3. The largest absolute Gasteiger partial charge is 0.658 e. The predicted octanol–water partition coefficient (Wildman–Crippen LogP) is 3.04. The Hall–Kier alpha value is -1.07. The first-order valence-electron chi connectivity index (χ1n) is 6.56. The maximum atomic E-state index is 12.5. The number of nitrogens with zero attached hydrogens (tertiary/aromatic N) is 1. The summed E-state index contributed by atoms with van der Waals surface area (Å²) in [5, 5.41) is 7.73. The van der Waals surface area contributed by atoms with Crippen LogP contribution in [0.3, 0.4) is 0 Å². The van der Waals surface area contributed by atoms with Gasteiger partial charge < -0.3 is 10.6 Å². The first-order chi connectivity index (χ1) is 9.05. The van der Waals surface area contributed by atoms with Crippen LogP contribution in [0.25, 0.3) is 5.32 Å². The summed E-state index contributed by atoms with van der Waals surface area (Å²) in [5.74, 6) is 2.17. The average molecular weight is 269 g/mol. The summed E-state index contributed by atoms with van der Waals surface area (Å²) >= 11 is 0. The van der Waals surface area contributed by atoms with Gasteiger partial charge in [-0.2, -0.15) is 13.2 Å². The van der Waals surface area contributed by atoms with E-state index in [2.05, 4.69) is 10.6 Å². The van der Waals surface area contributed by atoms with Gasteiger partial charge in [-0.3, -0.25) is 0 Å². The van der Waals surface area contributed by atoms with Crippen molar-refractivity contribution in [2.24, 2.45) is 17.8 Å². The van der Waals surface area contributed by atoms with Crippen LogP contribution in [0.5, 0.6) is 0 Å². The van der Waals surface area contributed by atoms with Gasteiger partial charge in [-0.1, -0.05) is 29.7 Å². The second-order valence-corrected chi connectivity index (χ2v) is 5.41. The van der Waals surface area contributed by atoms with Gasteiger partial charge in [0.2, 0.25) is 0 Å². The van der Waals surface area contributed by atoms with E-state index in [4.69, 9.17) is 0 Å². The van der Waals surface area contributed by atoms with Gasteiger partial charge in [0, 0.05) is 0 Å². The molecule has 2 unspecified atom stereocenters. The van der Waals surface area contributed by atoms with E-state index in [-0.39, 0.29) is 0 Å². The number of hydrogen-bond donors (Lipinski definition) is 1. The van der Waals surface area contributed by atoms with Crippen LogP contribution in [0.15, 0.2) is 24.3 Å². The molecule has 1 aliphatic heterocycles. The maximum absolute atomic E-state index is 12.5. The average Bonchev–Trinajstić information content (AvgIpc) is 2.82. The van der Waals surface area contributed by atoms with E-state index in [9.17, 15) is 13.2 Å². The SMILES string of the molecule is FC(F)(F)c1cccc(C[N-]CC2C3CNCC23)c1.